The summed E-state index contributed by atoms with van der Waals surface area (Å²) in [6.45, 7) is 14.7. The van der Waals surface area contributed by atoms with Gasteiger partial charge in [-0.1, -0.05) is 38.9 Å². The van der Waals surface area contributed by atoms with Gasteiger partial charge >= 0.3 is 5.97 Å². The van der Waals surface area contributed by atoms with Crippen LogP contribution < -0.4 is 0 Å². The maximum Gasteiger partial charge on any atom is 0.316 e. The summed E-state index contributed by atoms with van der Waals surface area (Å²) in [4.78, 5) is 62.6. The van der Waals surface area contributed by atoms with Crippen LogP contribution in [-0.2, 0) is 49.5 Å². The quantitative estimate of drug-likeness (QED) is 0.165. The van der Waals surface area contributed by atoms with Gasteiger partial charge in [0.05, 0.1) is 37.1 Å². The van der Waals surface area contributed by atoms with Gasteiger partial charge in [0, 0.05) is 42.1 Å². The van der Waals surface area contributed by atoms with E-state index in [2.05, 4.69) is 20.1 Å². The molecule has 3 aliphatic rings. The number of ether oxygens (including phenoxy) is 5. The number of nitrogens with zero attached hydrogens (tertiary/aromatic N) is 5. The molecule has 0 saturated carbocycles. The van der Waals surface area contributed by atoms with E-state index < -0.39 is 83.2 Å². The Hall–Kier alpha value is -4.01. The van der Waals surface area contributed by atoms with E-state index in [1.54, 1.807) is 40.0 Å². The first-order valence-corrected chi connectivity index (χ1v) is 22.6. The number of amides is 1. The number of rotatable bonds is 8. The van der Waals surface area contributed by atoms with E-state index in [0.717, 1.165) is 5.56 Å². The maximum absolute atomic E-state index is 14.6. The van der Waals surface area contributed by atoms with Gasteiger partial charge in [0.2, 0.25) is 5.91 Å². The van der Waals surface area contributed by atoms with Crippen molar-refractivity contribution in [2.24, 2.45) is 33.8 Å². The average molecular weight is 898 g/mol. The zero-order valence-electron chi connectivity index (χ0n) is 38.1. The Labute approximate surface area is 372 Å². The first-order valence-electron chi connectivity index (χ1n) is 21.7. The molecular weight excluding hydrogens is 835 g/mol. The number of Topliss-reactive ketones (excluding diaryl/α,β-unsaturated/α-hetero) is 1. The minimum absolute atomic E-state index is 0.0330. The molecule has 5 heterocycles. The lowest BCUT2D eigenvalue weighted by Crippen LogP contribution is -2.60. The number of aliphatic imine (C=N–C) groups is 1. The number of aliphatic hydroxyl groups excluding tert-OH is 1. The number of benzene rings is 1. The first kappa shape index (κ1) is 48.4. The molecule has 2 bridgehead atoms. The largest absolute Gasteiger partial charge is 0.459 e. The second-order valence-electron chi connectivity index (χ2n) is 18.0. The fourth-order valence-corrected chi connectivity index (χ4v) is 9.85. The van der Waals surface area contributed by atoms with E-state index in [1.807, 2.05) is 50.4 Å². The van der Waals surface area contributed by atoms with Gasteiger partial charge in [0.25, 0.3) is 5.89 Å². The highest BCUT2D eigenvalue weighted by Crippen LogP contribution is 2.40. The Morgan fingerprint density at radius 3 is 2.51 bits per heavy atom. The van der Waals surface area contributed by atoms with Gasteiger partial charge in [-0.15, -0.1) is 11.3 Å². The zero-order valence-corrected chi connectivity index (χ0v) is 38.9. The third-order valence-corrected chi connectivity index (χ3v) is 13.4. The Balaban J connectivity index is 1.44. The van der Waals surface area contributed by atoms with Gasteiger partial charge in [-0.2, -0.15) is 0 Å². The van der Waals surface area contributed by atoms with Crippen molar-refractivity contribution < 1.29 is 57.5 Å². The van der Waals surface area contributed by atoms with Crippen LogP contribution in [0.2, 0.25) is 0 Å². The highest BCUT2D eigenvalue weighted by atomic mass is 32.1. The van der Waals surface area contributed by atoms with Crippen molar-refractivity contribution >= 4 is 51.5 Å². The second kappa shape index (κ2) is 20.0. The number of aromatic nitrogens is 2. The molecule has 0 unspecified atom stereocenters. The molecule has 0 spiro atoms. The van der Waals surface area contributed by atoms with E-state index in [-0.39, 0.29) is 50.5 Å². The number of esters is 1. The third kappa shape index (κ3) is 10.8. The molecule has 1 aromatic carbocycles. The maximum atomic E-state index is 14.6. The predicted octanol–water partition coefficient (Wildman–Crippen LogP) is 5.39. The van der Waals surface area contributed by atoms with Gasteiger partial charge < -0.3 is 48.1 Å². The molecule has 13 atom stereocenters. The SMILES string of the molecule is CC[C@H]1OC(=O)[C@H](C)C(=O)[C@H](C)[C@@H](O[C@@H]2O[C@H](C)C[C@H](N(C)C)[C@H]2O)[C@@]2(C)C[C@@H](C)C(=NC(C)=O)[C@H](C)[C@H](OC/C(=N\OCc3ccc4oc(-c5nccs5)nc4c3)CO2)[C@]1(C)O. The predicted molar refractivity (Wildman–Crippen MR) is 234 cm³/mol. The average Bonchev–Trinajstić information content (AvgIpc) is 3.92. The summed E-state index contributed by atoms with van der Waals surface area (Å²) in [5.74, 6) is -4.97. The number of hydrogen-bond donors (Lipinski definition) is 2. The molecule has 3 fully saturated rings. The summed E-state index contributed by atoms with van der Waals surface area (Å²) in [6.07, 6.45) is -3.53. The van der Waals surface area contributed by atoms with Crippen LogP contribution in [0.3, 0.4) is 0 Å². The van der Waals surface area contributed by atoms with Gasteiger partial charge in [0.1, 0.15) is 41.6 Å². The highest BCUT2D eigenvalue weighted by molar-refractivity contribution is 7.12. The molecule has 0 aliphatic carbocycles. The number of cyclic esters (lactones) is 1. The lowest BCUT2D eigenvalue weighted by atomic mass is 9.73. The standard InChI is InChI=1S/C45H63N5O12S/c1-12-34-45(9,55)39-25(4)35(47-28(7)51)23(2)19-44(8,38(26(5)36(52)27(6)42(54)61-34)62-43-37(53)32(50(10)11)17-24(3)59-43)57-22-30(21-56-39)49-58-20-29-13-14-33-31(18-29)48-40(60-33)41-46-15-16-63-41/h13-16,18,23-27,32,34,37-39,43,53,55H,12,17,19-22H2,1-11H3/b47-35?,49-30+/t23-,24-,25+,26+,27-,32+,34-,37-,38-,39+,43+,44-,45-/m1/s1. The smallest absolute Gasteiger partial charge is 0.316 e. The van der Waals surface area contributed by atoms with Gasteiger partial charge in [-0.05, 0) is 84.7 Å². The van der Waals surface area contributed by atoms with Crippen LogP contribution in [0.4, 0.5) is 0 Å². The van der Waals surface area contributed by atoms with Gasteiger partial charge in [0.15, 0.2) is 22.7 Å². The number of ketones is 1. The van der Waals surface area contributed by atoms with Crippen molar-refractivity contribution in [3.8, 4) is 10.9 Å². The van der Waals surface area contributed by atoms with E-state index in [1.165, 1.54) is 32.1 Å². The number of oxime groups is 1. The van der Waals surface area contributed by atoms with Crippen molar-refractivity contribution in [2.45, 2.75) is 142 Å². The summed E-state index contributed by atoms with van der Waals surface area (Å²) in [5.41, 5.74) is -0.643. The normalized spacial score (nSPS) is 36.5. The molecule has 17 nitrogen and oxygen atoms in total. The highest BCUT2D eigenvalue weighted by Gasteiger charge is 2.53. The van der Waals surface area contributed by atoms with Crippen LogP contribution in [0.1, 0.15) is 87.1 Å². The minimum atomic E-state index is -1.87. The van der Waals surface area contributed by atoms with Crippen LogP contribution >= 0.6 is 11.3 Å². The third-order valence-electron chi connectivity index (χ3n) is 12.6. The lowest BCUT2D eigenvalue weighted by Gasteiger charge is -2.47. The number of hydrogen-bond acceptors (Lipinski definition) is 17. The fourth-order valence-electron chi connectivity index (χ4n) is 9.29. The Kier molecular flexibility index (Phi) is 15.4. The molecule has 2 aromatic heterocycles. The van der Waals surface area contributed by atoms with Gasteiger partial charge in [-0.25, -0.2) is 15.0 Å². The Bertz CT molecular complexity index is 2140. The van der Waals surface area contributed by atoms with Crippen LogP contribution in [0.15, 0.2) is 44.3 Å². The number of likely N-dealkylation sites (N-methyl/N-ethyl adjacent to an activating group) is 1. The van der Waals surface area contributed by atoms with Crippen molar-refractivity contribution in [3.05, 3.63) is 35.3 Å². The molecule has 3 aromatic rings. The first-order chi connectivity index (χ1) is 29.7. The van der Waals surface area contributed by atoms with Crippen molar-refractivity contribution in [2.75, 3.05) is 27.3 Å². The molecule has 346 valence electrons. The molecule has 18 heteroatoms. The minimum Gasteiger partial charge on any atom is -0.459 e. The topological polar surface area (TPSA) is 214 Å². The molecular formula is C45H63N5O12S. The number of aliphatic hydroxyl groups is 2. The van der Waals surface area contributed by atoms with E-state index in [9.17, 15) is 24.6 Å². The fraction of sp³-hybridized carbons (Fsp3) is 0.667. The summed E-state index contributed by atoms with van der Waals surface area (Å²) < 4.78 is 38.5. The molecule has 0 radical (unpaired) electrons. The number of carbonyl (C=O) groups is 3. The monoisotopic (exact) mass is 897 g/mol. The molecule has 6 rings (SSSR count). The second-order valence-corrected chi connectivity index (χ2v) is 18.9. The zero-order chi connectivity index (χ0) is 46.0. The molecule has 63 heavy (non-hydrogen) atoms. The molecule has 3 aliphatic heterocycles. The lowest BCUT2D eigenvalue weighted by molar-refractivity contribution is -0.296. The van der Waals surface area contributed by atoms with Crippen molar-refractivity contribution in [1.29, 1.82) is 0 Å². The summed E-state index contributed by atoms with van der Waals surface area (Å²) in [6, 6.07) is 5.14. The molecule has 3 saturated heterocycles. The van der Waals surface area contributed by atoms with E-state index >= 15 is 0 Å². The van der Waals surface area contributed by atoms with Crippen LogP contribution in [-0.4, -0.2) is 136 Å². The Morgan fingerprint density at radius 1 is 1.10 bits per heavy atom. The Morgan fingerprint density at radius 2 is 1.84 bits per heavy atom. The number of thiazole rings is 1. The number of fused-ring (bicyclic) bond motifs is 6. The summed E-state index contributed by atoms with van der Waals surface area (Å²) >= 11 is 1.42. The van der Waals surface area contributed by atoms with E-state index in [4.69, 9.17) is 32.9 Å². The molecule has 1 amide bonds. The van der Waals surface area contributed by atoms with Gasteiger partial charge in [-0.3, -0.25) is 14.4 Å². The van der Waals surface area contributed by atoms with Crippen molar-refractivity contribution in [3.63, 3.8) is 0 Å². The van der Waals surface area contributed by atoms with Crippen LogP contribution in [0, 0.1) is 23.7 Å². The van der Waals surface area contributed by atoms with E-state index in [0.29, 0.717) is 34.1 Å². The van der Waals surface area contributed by atoms with Crippen LogP contribution in [0.5, 0.6) is 0 Å². The number of oxazole rings is 1. The summed E-state index contributed by atoms with van der Waals surface area (Å²) in [7, 11) is 3.73. The van der Waals surface area contributed by atoms with Crippen molar-refractivity contribution in [1.82, 2.24) is 14.9 Å². The van der Waals surface area contributed by atoms with Crippen LogP contribution in [0.25, 0.3) is 22.0 Å². The number of carbonyl (C=O) groups excluding carboxylic acids is 3. The summed E-state index contributed by atoms with van der Waals surface area (Å²) in [5, 5.41) is 31.2. The molecule has 2 N–H and O–H groups in total.